The Balaban J connectivity index is 0.00000306. The molecular weight excluding hydrogens is 455 g/mol. The van der Waals surface area contributed by atoms with Gasteiger partial charge in [0.2, 0.25) is 11.8 Å². The van der Waals surface area contributed by atoms with E-state index in [-0.39, 0.29) is 29.6 Å². The van der Waals surface area contributed by atoms with Gasteiger partial charge in [-0.3, -0.25) is 14.4 Å². The molecule has 0 aliphatic carbocycles. The normalized spacial score (nSPS) is 23.4. The minimum absolute atomic E-state index is 0. The Labute approximate surface area is 217 Å². The van der Waals surface area contributed by atoms with Crippen LogP contribution in [-0.2, 0) is 19.2 Å². The average molecular weight is 479 g/mol. The summed E-state index contributed by atoms with van der Waals surface area (Å²) in [7, 11) is 0. The van der Waals surface area contributed by atoms with Crippen molar-refractivity contribution in [3.05, 3.63) is 66.2 Å². The first-order chi connectivity index (χ1) is 15.2. The number of thioether (sulfide) groups is 1. The van der Waals surface area contributed by atoms with E-state index in [4.69, 9.17) is 4.74 Å². The molecule has 4 rings (SSSR count). The second-order valence-corrected chi connectivity index (χ2v) is 9.93. The standard InChI is InChI=1S/C23H22N2O6S.Na.H/c1-23(2)17(21(28)29)25-19(27)16(20(25)32-23)24-18(26)15(13-9-5-3-6-10-13)22(30)31-14-11-7-4-8-12-14;;/h3-12,15-17,20H,1-2H3,(H,24,26)(H,28,29);;/t15?,16-,17+,20-;;/m1../s1. The van der Waals surface area contributed by atoms with E-state index in [1.165, 1.54) is 16.7 Å². The van der Waals surface area contributed by atoms with E-state index in [1.807, 2.05) is 0 Å². The molecule has 4 atom stereocenters. The third kappa shape index (κ3) is 4.82. The molecule has 33 heavy (non-hydrogen) atoms. The van der Waals surface area contributed by atoms with Crippen molar-refractivity contribution in [2.45, 2.75) is 42.0 Å². The summed E-state index contributed by atoms with van der Waals surface area (Å²) in [4.78, 5) is 51.8. The zero-order valence-electron chi connectivity index (χ0n) is 17.4. The van der Waals surface area contributed by atoms with Crippen LogP contribution in [0.1, 0.15) is 25.3 Å². The first-order valence-corrected chi connectivity index (χ1v) is 10.9. The van der Waals surface area contributed by atoms with E-state index in [2.05, 4.69) is 5.32 Å². The fourth-order valence-corrected chi connectivity index (χ4v) is 5.71. The number of aliphatic carboxylic acids is 1. The molecule has 0 aromatic heterocycles. The van der Waals surface area contributed by atoms with Crippen LogP contribution in [-0.4, -0.2) is 85.5 Å². The van der Waals surface area contributed by atoms with Crippen molar-refractivity contribution in [1.29, 1.82) is 0 Å². The molecule has 2 N–H and O–H groups in total. The third-order valence-corrected chi connectivity index (χ3v) is 7.14. The number of hydrogen-bond donors (Lipinski definition) is 2. The number of benzene rings is 2. The van der Waals surface area contributed by atoms with Crippen LogP contribution in [0.2, 0.25) is 0 Å². The number of nitrogens with one attached hydrogen (secondary N) is 1. The van der Waals surface area contributed by atoms with Gasteiger partial charge in [0.15, 0.2) is 5.92 Å². The number of nitrogens with zero attached hydrogens (tertiary/aromatic N) is 1. The van der Waals surface area contributed by atoms with Gasteiger partial charge in [-0.05, 0) is 31.5 Å². The molecule has 1 unspecified atom stereocenters. The molecule has 2 fully saturated rings. The molecule has 8 nitrogen and oxygen atoms in total. The van der Waals surface area contributed by atoms with E-state index in [1.54, 1.807) is 74.5 Å². The van der Waals surface area contributed by atoms with Crippen LogP contribution < -0.4 is 10.1 Å². The number of rotatable bonds is 6. The average Bonchev–Trinajstić information content (AvgIpc) is 3.01. The molecular formula is C23H23N2NaO6S. The summed E-state index contributed by atoms with van der Waals surface area (Å²) in [6.45, 7) is 3.51. The van der Waals surface area contributed by atoms with Crippen LogP contribution >= 0.6 is 11.8 Å². The molecule has 2 aliphatic rings. The summed E-state index contributed by atoms with van der Waals surface area (Å²) in [5.41, 5.74) is 0.428. The summed E-state index contributed by atoms with van der Waals surface area (Å²) in [6, 6.07) is 15.0. The van der Waals surface area contributed by atoms with Gasteiger partial charge in [-0.2, -0.15) is 0 Å². The minimum atomic E-state index is -1.28. The number of fused-ring (bicyclic) bond motifs is 1. The molecule has 2 aromatic carbocycles. The number of hydrogen-bond acceptors (Lipinski definition) is 6. The zero-order valence-corrected chi connectivity index (χ0v) is 18.2. The number of amides is 2. The Hall–Kier alpha value is -2.33. The predicted octanol–water partition coefficient (Wildman–Crippen LogP) is 1.36. The van der Waals surface area contributed by atoms with Crippen LogP contribution in [0.15, 0.2) is 60.7 Å². The number of para-hydroxylation sites is 1. The van der Waals surface area contributed by atoms with Crippen LogP contribution in [0.25, 0.3) is 0 Å². The molecule has 0 saturated carbocycles. The first-order valence-electron chi connectivity index (χ1n) is 10.1. The van der Waals surface area contributed by atoms with Gasteiger partial charge >= 0.3 is 41.5 Å². The number of carboxylic acid groups (broad SMARTS) is 1. The number of carbonyl (C=O) groups is 4. The maximum atomic E-state index is 13.2. The van der Waals surface area contributed by atoms with Gasteiger partial charge in [-0.1, -0.05) is 48.5 Å². The fourth-order valence-electron chi connectivity index (χ4n) is 4.09. The van der Waals surface area contributed by atoms with Crippen molar-refractivity contribution in [3.8, 4) is 5.75 Å². The van der Waals surface area contributed by atoms with Gasteiger partial charge in [0.1, 0.15) is 23.2 Å². The number of carbonyl (C=O) groups excluding carboxylic acids is 3. The summed E-state index contributed by atoms with van der Waals surface area (Å²) in [5.74, 6) is -3.99. The molecule has 2 aliphatic heterocycles. The van der Waals surface area contributed by atoms with Gasteiger partial charge in [0, 0.05) is 4.75 Å². The van der Waals surface area contributed by atoms with E-state index >= 15 is 0 Å². The van der Waals surface area contributed by atoms with E-state index < -0.39 is 51.9 Å². The number of carboxylic acids is 1. The second kappa shape index (κ2) is 9.89. The van der Waals surface area contributed by atoms with Gasteiger partial charge in [0.25, 0.3) is 0 Å². The zero-order chi connectivity index (χ0) is 23.0. The monoisotopic (exact) mass is 478 g/mol. The summed E-state index contributed by atoms with van der Waals surface area (Å²) < 4.78 is 4.69. The Morgan fingerprint density at radius 2 is 1.64 bits per heavy atom. The Morgan fingerprint density at radius 1 is 1.06 bits per heavy atom. The molecule has 2 aromatic rings. The van der Waals surface area contributed by atoms with Crippen molar-refractivity contribution < 1.29 is 29.0 Å². The molecule has 0 radical (unpaired) electrons. The SMILES string of the molecule is CC1(C)S[C@@H]2[C@H](NC(=O)C(C(=O)Oc3ccccc3)c3ccccc3)C(=O)N2[C@H]1C(=O)O.[NaH]. The Morgan fingerprint density at radius 3 is 2.21 bits per heavy atom. The topological polar surface area (TPSA) is 113 Å². The first kappa shape index (κ1) is 25.3. The van der Waals surface area contributed by atoms with E-state index in [9.17, 15) is 24.3 Å². The van der Waals surface area contributed by atoms with Crippen molar-refractivity contribution in [3.63, 3.8) is 0 Å². The summed E-state index contributed by atoms with van der Waals surface area (Å²) >= 11 is 1.32. The van der Waals surface area contributed by atoms with Crippen LogP contribution in [0.3, 0.4) is 0 Å². The Kier molecular flexibility index (Phi) is 7.58. The molecule has 2 heterocycles. The number of ether oxygens (including phenoxy) is 1. The number of esters is 1. The van der Waals surface area contributed by atoms with E-state index in [0.717, 1.165) is 0 Å². The quantitative estimate of drug-likeness (QED) is 0.212. The van der Waals surface area contributed by atoms with Crippen molar-refractivity contribution >= 4 is 65.1 Å². The van der Waals surface area contributed by atoms with Gasteiger partial charge in [-0.25, -0.2) is 4.79 Å². The molecule has 2 amide bonds. The van der Waals surface area contributed by atoms with Gasteiger partial charge in [-0.15, -0.1) is 11.8 Å². The maximum absolute atomic E-state index is 13.2. The fraction of sp³-hybridized carbons (Fsp3) is 0.304. The molecule has 2 saturated heterocycles. The summed E-state index contributed by atoms with van der Waals surface area (Å²) in [5, 5.41) is 11.7. The molecule has 0 bridgehead atoms. The van der Waals surface area contributed by atoms with Crippen LogP contribution in [0.5, 0.6) is 5.75 Å². The molecule has 0 spiro atoms. The van der Waals surface area contributed by atoms with Gasteiger partial charge in [0.05, 0.1) is 0 Å². The third-order valence-electron chi connectivity index (χ3n) is 5.57. The van der Waals surface area contributed by atoms with Gasteiger partial charge < -0.3 is 20.1 Å². The number of β-lactam (4-membered cyclic amide) rings is 1. The van der Waals surface area contributed by atoms with Crippen molar-refractivity contribution in [2.75, 3.05) is 0 Å². The predicted molar refractivity (Wildman–Crippen MR) is 124 cm³/mol. The summed E-state index contributed by atoms with van der Waals surface area (Å²) in [6.07, 6.45) is 0. The van der Waals surface area contributed by atoms with E-state index in [0.29, 0.717) is 11.3 Å². The van der Waals surface area contributed by atoms with Crippen LogP contribution in [0.4, 0.5) is 0 Å². The van der Waals surface area contributed by atoms with Crippen molar-refractivity contribution in [1.82, 2.24) is 10.2 Å². The molecule has 168 valence electrons. The second-order valence-electron chi connectivity index (χ2n) is 8.16. The van der Waals surface area contributed by atoms with Crippen LogP contribution in [0, 0.1) is 0 Å². The van der Waals surface area contributed by atoms with Crippen molar-refractivity contribution in [2.24, 2.45) is 0 Å². The molecule has 10 heteroatoms. The Bertz CT molecular complexity index is 1070.